The molecular formula is C32H34N2O3. The third-order valence-electron chi connectivity index (χ3n) is 6.43. The Hall–Kier alpha value is -3.93. The van der Waals surface area contributed by atoms with Gasteiger partial charge in [-0.3, -0.25) is 10.2 Å². The third-order valence-corrected chi connectivity index (χ3v) is 6.43. The summed E-state index contributed by atoms with van der Waals surface area (Å²) in [5.41, 5.74) is 10.1. The Kier molecular flexibility index (Phi) is 8.07. The number of benzene rings is 4. The van der Waals surface area contributed by atoms with E-state index in [0.717, 1.165) is 33.6 Å². The van der Waals surface area contributed by atoms with Crippen LogP contribution >= 0.6 is 0 Å². The maximum absolute atomic E-state index is 13.8. The van der Waals surface area contributed by atoms with Gasteiger partial charge in [-0.25, -0.2) is 5.43 Å². The normalized spacial score (nSPS) is 12.1. The first kappa shape index (κ1) is 26.1. The Morgan fingerprint density at radius 3 is 1.84 bits per heavy atom. The van der Waals surface area contributed by atoms with E-state index in [-0.39, 0.29) is 6.04 Å². The summed E-state index contributed by atoms with van der Waals surface area (Å²) in [6, 6.07) is 30.4. The predicted octanol–water partition coefficient (Wildman–Crippen LogP) is 5.66. The SMILES string of the molecule is CCOc1ccc([C@@H](NNC(=O)C(O)(c2cccc(C)c2)c2cccc(C)c2)c2cccc(C)c2)cc1. The number of carbonyl (C=O) groups excluding carboxylic acids is 1. The average molecular weight is 495 g/mol. The summed E-state index contributed by atoms with van der Waals surface area (Å²) in [5, 5.41) is 12.0. The van der Waals surface area contributed by atoms with Gasteiger partial charge in [0.2, 0.25) is 0 Å². The van der Waals surface area contributed by atoms with Crippen LogP contribution < -0.4 is 15.6 Å². The van der Waals surface area contributed by atoms with E-state index in [1.54, 1.807) is 12.1 Å². The van der Waals surface area contributed by atoms with Crippen LogP contribution in [0, 0.1) is 20.8 Å². The largest absolute Gasteiger partial charge is 0.494 e. The van der Waals surface area contributed by atoms with Crippen molar-refractivity contribution in [3.63, 3.8) is 0 Å². The molecule has 5 heteroatoms. The molecule has 0 aromatic heterocycles. The monoisotopic (exact) mass is 494 g/mol. The van der Waals surface area contributed by atoms with Gasteiger partial charge in [-0.05, 0) is 62.1 Å². The highest BCUT2D eigenvalue weighted by atomic mass is 16.5. The molecule has 0 saturated carbocycles. The molecule has 0 spiro atoms. The Labute approximate surface area is 219 Å². The lowest BCUT2D eigenvalue weighted by atomic mass is 9.84. The molecule has 4 rings (SSSR count). The van der Waals surface area contributed by atoms with E-state index in [0.29, 0.717) is 17.7 Å². The molecule has 0 aliphatic rings. The van der Waals surface area contributed by atoms with E-state index >= 15 is 0 Å². The number of nitrogens with one attached hydrogen (secondary N) is 2. The second-order valence-electron chi connectivity index (χ2n) is 9.40. The van der Waals surface area contributed by atoms with Gasteiger partial charge in [-0.15, -0.1) is 0 Å². The van der Waals surface area contributed by atoms with E-state index < -0.39 is 11.5 Å². The van der Waals surface area contributed by atoms with Crippen LogP contribution in [0.2, 0.25) is 0 Å². The number of hydrogen-bond donors (Lipinski definition) is 3. The fourth-order valence-corrected chi connectivity index (χ4v) is 4.53. The molecule has 4 aromatic rings. The zero-order valence-corrected chi connectivity index (χ0v) is 21.8. The molecular weight excluding hydrogens is 460 g/mol. The molecule has 0 radical (unpaired) electrons. The van der Waals surface area contributed by atoms with Crippen LogP contribution in [-0.4, -0.2) is 17.6 Å². The molecule has 0 aliphatic heterocycles. The first-order chi connectivity index (χ1) is 17.8. The summed E-state index contributed by atoms with van der Waals surface area (Å²) < 4.78 is 5.60. The molecule has 0 heterocycles. The summed E-state index contributed by atoms with van der Waals surface area (Å²) >= 11 is 0. The predicted molar refractivity (Wildman–Crippen MR) is 147 cm³/mol. The molecule has 1 amide bonds. The van der Waals surface area contributed by atoms with Crippen molar-refractivity contribution in [2.24, 2.45) is 0 Å². The van der Waals surface area contributed by atoms with Gasteiger partial charge in [0, 0.05) is 0 Å². The Bertz CT molecular complexity index is 1320. The second kappa shape index (κ2) is 11.4. The van der Waals surface area contributed by atoms with Gasteiger partial charge in [-0.1, -0.05) is 102 Å². The van der Waals surface area contributed by atoms with Crippen molar-refractivity contribution in [2.45, 2.75) is 39.3 Å². The fraction of sp³-hybridized carbons (Fsp3) is 0.219. The Morgan fingerprint density at radius 2 is 1.32 bits per heavy atom. The molecule has 3 N–H and O–H groups in total. The van der Waals surface area contributed by atoms with Crippen LogP contribution in [0.1, 0.15) is 51.9 Å². The lowest BCUT2D eigenvalue weighted by Crippen LogP contribution is -2.51. The Morgan fingerprint density at radius 1 is 0.784 bits per heavy atom. The highest BCUT2D eigenvalue weighted by molar-refractivity contribution is 5.90. The molecule has 0 aliphatic carbocycles. The number of carbonyl (C=O) groups is 1. The van der Waals surface area contributed by atoms with Crippen molar-refractivity contribution in [3.05, 3.63) is 136 Å². The van der Waals surface area contributed by atoms with Crippen molar-refractivity contribution in [2.75, 3.05) is 6.61 Å². The molecule has 0 fully saturated rings. The maximum atomic E-state index is 13.8. The standard InChI is InChI=1S/C32H34N2O3/c1-5-37-29-17-15-25(16-18-29)30(26-12-6-9-22(2)19-26)33-34-31(35)32(36,27-13-7-10-23(3)20-27)28-14-8-11-24(4)21-28/h6-21,30,33,36H,5H2,1-4H3,(H,34,35)/t30-/m1/s1. The van der Waals surface area contributed by atoms with Gasteiger partial charge in [0.1, 0.15) is 5.75 Å². The number of aliphatic hydroxyl groups is 1. The van der Waals surface area contributed by atoms with Crippen molar-refractivity contribution in [1.29, 1.82) is 0 Å². The number of rotatable bonds is 9. The van der Waals surface area contributed by atoms with Gasteiger partial charge < -0.3 is 9.84 Å². The van der Waals surface area contributed by atoms with Gasteiger partial charge in [0.05, 0.1) is 12.6 Å². The number of hydrogen-bond acceptors (Lipinski definition) is 4. The molecule has 1 atom stereocenters. The third kappa shape index (κ3) is 5.91. The van der Waals surface area contributed by atoms with Gasteiger partial charge in [-0.2, -0.15) is 0 Å². The van der Waals surface area contributed by atoms with Gasteiger partial charge >= 0.3 is 0 Å². The van der Waals surface area contributed by atoms with E-state index in [2.05, 4.69) is 16.9 Å². The van der Waals surface area contributed by atoms with E-state index in [4.69, 9.17) is 4.74 Å². The van der Waals surface area contributed by atoms with E-state index in [1.165, 1.54) is 0 Å². The minimum absolute atomic E-state index is 0.348. The van der Waals surface area contributed by atoms with Gasteiger partial charge in [0.15, 0.2) is 5.60 Å². The van der Waals surface area contributed by atoms with Crippen LogP contribution in [0.5, 0.6) is 5.75 Å². The molecule has 0 saturated heterocycles. The topological polar surface area (TPSA) is 70.6 Å². The quantitative estimate of drug-likeness (QED) is 0.263. The van der Waals surface area contributed by atoms with E-state index in [9.17, 15) is 9.90 Å². The van der Waals surface area contributed by atoms with Crippen molar-refractivity contribution in [3.8, 4) is 5.75 Å². The molecule has 0 bridgehead atoms. The molecule has 5 nitrogen and oxygen atoms in total. The van der Waals surface area contributed by atoms with E-state index in [1.807, 2.05) is 107 Å². The minimum atomic E-state index is -1.89. The van der Waals surface area contributed by atoms with Crippen LogP contribution in [0.4, 0.5) is 0 Å². The summed E-state index contributed by atoms with van der Waals surface area (Å²) in [7, 11) is 0. The zero-order chi connectivity index (χ0) is 26.4. The first-order valence-electron chi connectivity index (χ1n) is 12.5. The number of aryl methyl sites for hydroxylation is 3. The Balaban J connectivity index is 1.69. The van der Waals surface area contributed by atoms with Crippen LogP contribution in [0.15, 0.2) is 97.1 Å². The van der Waals surface area contributed by atoms with Crippen LogP contribution in [0.3, 0.4) is 0 Å². The lowest BCUT2D eigenvalue weighted by Gasteiger charge is -2.30. The molecule has 4 aromatic carbocycles. The van der Waals surface area contributed by atoms with Crippen LogP contribution in [0.25, 0.3) is 0 Å². The molecule has 0 unspecified atom stereocenters. The van der Waals surface area contributed by atoms with Crippen molar-refractivity contribution in [1.82, 2.24) is 10.9 Å². The minimum Gasteiger partial charge on any atom is -0.494 e. The highest BCUT2D eigenvalue weighted by Gasteiger charge is 2.40. The first-order valence-corrected chi connectivity index (χ1v) is 12.5. The van der Waals surface area contributed by atoms with Crippen molar-refractivity contribution >= 4 is 5.91 Å². The lowest BCUT2D eigenvalue weighted by molar-refractivity contribution is -0.138. The zero-order valence-electron chi connectivity index (χ0n) is 21.8. The summed E-state index contributed by atoms with van der Waals surface area (Å²) in [6.07, 6.45) is 0. The average Bonchev–Trinajstić information content (AvgIpc) is 2.89. The van der Waals surface area contributed by atoms with Crippen LogP contribution in [-0.2, 0) is 10.4 Å². The number of amides is 1. The smallest absolute Gasteiger partial charge is 0.275 e. The summed E-state index contributed by atoms with van der Waals surface area (Å²) in [4.78, 5) is 13.8. The molecule has 37 heavy (non-hydrogen) atoms. The highest BCUT2D eigenvalue weighted by Crippen LogP contribution is 2.32. The maximum Gasteiger partial charge on any atom is 0.275 e. The van der Waals surface area contributed by atoms with Crippen molar-refractivity contribution < 1.29 is 14.6 Å². The number of ether oxygens (including phenoxy) is 1. The fourth-order valence-electron chi connectivity index (χ4n) is 4.53. The summed E-state index contributed by atoms with van der Waals surface area (Å²) in [5.74, 6) is 0.221. The number of hydrazine groups is 1. The molecule has 190 valence electrons. The second-order valence-corrected chi connectivity index (χ2v) is 9.40. The summed E-state index contributed by atoms with van der Waals surface area (Å²) in [6.45, 7) is 8.45. The van der Waals surface area contributed by atoms with Gasteiger partial charge in [0.25, 0.3) is 5.91 Å².